The molecule has 0 unspecified atom stereocenters. The third kappa shape index (κ3) is 3.37. The molecular formula is C17H17FN4O3. The maximum atomic E-state index is 13.0. The molecule has 0 bridgehead atoms. The van der Waals surface area contributed by atoms with Crippen LogP contribution >= 0.6 is 0 Å². The van der Waals surface area contributed by atoms with E-state index in [1.807, 2.05) is 0 Å². The number of carbonyl (C=O) groups is 3. The van der Waals surface area contributed by atoms with Crippen molar-refractivity contribution in [3.63, 3.8) is 0 Å². The Morgan fingerprint density at radius 2 is 1.96 bits per heavy atom. The van der Waals surface area contributed by atoms with E-state index in [2.05, 4.69) is 5.32 Å². The second-order valence-corrected chi connectivity index (χ2v) is 5.96. The van der Waals surface area contributed by atoms with E-state index in [4.69, 9.17) is 5.73 Å². The highest BCUT2D eigenvalue weighted by molar-refractivity contribution is 6.04. The van der Waals surface area contributed by atoms with Crippen LogP contribution in [0.5, 0.6) is 0 Å². The summed E-state index contributed by atoms with van der Waals surface area (Å²) in [6.45, 7) is 0.214. The van der Waals surface area contributed by atoms with Crippen molar-refractivity contribution in [2.45, 2.75) is 6.42 Å². The highest BCUT2D eigenvalue weighted by atomic mass is 19.1. The van der Waals surface area contributed by atoms with Crippen molar-refractivity contribution >= 4 is 29.1 Å². The van der Waals surface area contributed by atoms with Gasteiger partial charge in [-0.15, -0.1) is 0 Å². The zero-order valence-corrected chi connectivity index (χ0v) is 13.5. The molecule has 130 valence electrons. The van der Waals surface area contributed by atoms with Gasteiger partial charge in [-0.2, -0.15) is 0 Å². The van der Waals surface area contributed by atoms with E-state index in [0.717, 1.165) is 0 Å². The summed E-state index contributed by atoms with van der Waals surface area (Å²) < 4.78 is 14.5. The van der Waals surface area contributed by atoms with Crippen LogP contribution in [0.3, 0.4) is 0 Å². The topological polar surface area (TPSA) is 97.4 Å². The number of hydrogen-bond donors (Lipinski definition) is 2. The van der Waals surface area contributed by atoms with E-state index in [9.17, 15) is 18.8 Å². The Hall–Kier alpha value is -3.16. The van der Waals surface area contributed by atoms with Gasteiger partial charge in [-0.1, -0.05) is 0 Å². The van der Waals surface area contributed by atoms with Crippen LogP contribution in [0.15, 0.2) is 36.5 Å². The molecule has 0 radical (unpaired) electrons. The summed E-state index contributed by atoms with van der Waals surface area (Å²) in [5.74, 6) is -2.03. The fourth-order valence-electron chi connectivity index (χ4n) is 2.88. The summed E-state index contributed by atoms with van der Waals surface area (Å²) in [5.41, 5.74) is 6.50. The molecule has 0 saturated carbocycles. The van der Waals surface area contributed by atoms with Crippen LogP contribution in [0.2, 0.25) is 0 Å². The Kier molecular flexibility index (Phi) is 4.26. The molecule has 7 nitrogen and oxygen atoms in total. The molecule has 25 heavy (non-hydrogen) atoms. The molecule has 3 N–H and O–H groups in total. The number of amides is 3. The van der Waals surface area contributed by atoms with Crippen LogP contribution in [0.1, 0.15) is 16.9 Å². The van der Waals surface area contributed by atoms with E-state index in [1.165, 1.54) is 39.8 Å². The fraction of sp³-hybridized carbons (Fsp3) is 0.235. The van der Waals surface area contributed by atoms with Gasteiger partial charge in [-0.3, -0.25) is 14.4 Å². The molecule has 1 aliphatic heterocycles. The van der Waals surface area contributed by atoms with E-state index < -0.39 is 11.8 Å². The molecule has 0 spiro atoms. The molecule has 1 aliphatic rings. The quantitative estimate of drug-likeness (QED) is 0.873. The monoisotopic (exact) mass is 344 g/mol. The lowest BCUT2D eigenvalue weighted by Crippen LogP contribution is -2.28. The lowest BCUT2D eigenvalue weighted by Gasteiger charge is -2.16. The number of hydrogen-bond acceptors (Lipinski definition) is 3. The van der Waals surface area contributed by atoms with Gasteiger partial charge in [-0.05, 0) is 30.3 Å². The first-order valence-electron chi connectivity index (χ1n) is 7.68. The lowest BCUT2D eigenvalue weighted by molar-refractivity contribution is -0.122. The molecule has 2 heterocycles. The van der Waals surface area contributed by atoms with Crippen molar-refractivity contribution in [1.29, 1.82) is 0 Å². The van der Waals surface area contributed by atoms with Crippen molar-refractivity contribution in [2.75, 3.05) is 16.8 Å². The van der Waals surface area contributed by atoms with Crippen LogP contribution in [-0.4, -0.2) is 28.8 Å². The number of carbonyl (C=O) groups excluding carboxylic acids is 3. The molecule has 1 fully saturated rings. The van der Waals surface area contributed by atoms with E-state index in [1.54, 1.807) is 13.2 Å². The van der Waals surface area contributed by atoms with Gasteiger partial charge in [0.1, 0.15) is 11.5 Å². The molecule has 3 amide bonds. The van der Waals surface area contributed by atoms with Gasteiger partial charge in [0, 0.05) is 31.9 Å². The minimum Gasteiger partial charge on any atom is -0.364 e. The number of nitrogens with zero attached hydrogens (tertiary/aromatic N) is 2. The predicted octanol–water partition coefficient (Wildman–Crippen LogP) is 1.25. The second kappa shape index (κ2) is 6.39. The number of anilines is 2. The lowest BCUT2D eigenvalue weighted by atomic mass is 10.1. The van der Waals surface area contributed by atoms with E-state index >= 15 is 0 Å². The molecule has 3 rings (SSSR count). The average Bonchev–Trinajstić information content (AvgIpc) is 3.11. The van der Waals surface area contributed by atoms with Crippen molar-refractivity contribution in [3.05, 3.63) is 48.0 Å². The first-order valence-corrected chi connectivity index (χ1v) is 7.68. The van der Waals surface area contributed by atoms with Gasteiger partial charge in [0.25, 0.3) is 5.91 Å². The summed E-state index contributed by atoms with van der Waals surface area (Å²) in [6, 6.07) is 7.03. The summed E-state index contributed by atoms with van der Waals surface area (Å²) in [6.07, 6.45) is 1.64. The summed E-state index contributed by atoms with van der Waals surface area (Å²) >= 11 is 0. The Labute approximate surface area is 143 Å². The van der Waals surface area contributed by atoms with Crippen molar-refractivity contribution in [1.82, 2.24) is 4.57 Å². The maximum Gasteiger partial charge on any atom is 0.265 e. The number of nitrogens with one attached hydrogen (secondary N) is 1. The van der Waals surface area contributed by atoms with Crippen LogP contribution in [-0.2, 0) is 16.6 Å². The highest BCUT2D eigenvalue weighted by Crippen LogP contribution is 2.26. The Morgan fingerprint density at radius 1 is 1.28 bits per heavy atom. The number of aromatic nitrogens is 1. The van der Waals surface area contributed by atoms with Crippen LogP contribution < -0.4 is 16.0 Å². The third-order valence-corrected chi connectivity index (χ3v) is 4.16. The number of benzene rings is 1. The number of halogens is 1. The van der Waals surface area contributed by atoms with Gasteiger partial charge < -0.3 is 20.5 Å². The van der Waals surface area contributed by atoms with Crippen LogP contribution in [0.25, 0.3) is 0 Å². The number of nitrogens with two attached hydrogens (primary N) is 1. The summed E-state index contributed by atoms with van der Waals surface area (Å²) in [4.78, 5) is 37.3. The molecule has 8 heteroatoms. The fourth-order valence-corrected chi connectivity index (χ4v) is 2.88. The summed E-state index contributed by atoms with van der Waals surface area (Å²) in [7, 11) is 1.64. The average molecular weight is 344 g/mol. The molecule has 1 atom stereocenters. The largest absolute Gasteiger partial charge is 0.364 e. The SMILES string of the molecule is Cn1cc(NC(=O)[C@@H]2CC(=O)N(c3ccc(F)cc3)C2)cc1C(N)=O. The smallest absolute Gasteiger partial charge is 0.265 e. The normalized spacial score (nSPS) is 17.0. The number of rotatable bonds is 4. The zero-order valence-electron chi connectivity index (χ0n) is 13.5. The van der Waals surface area contributed by atoms with Crippen LogP contribution in [0, 0.1) is 11.7 Å². The van der Waals surface area contributed by atoms with Crippen molar-refractivity contribution in [2.24, 2.45) is 18.7 Å². The van der Waals surface area contributed by atoms with Gasteiger partial charge in [0.15, 0.2) is 0 Å². The molecule has 1 saturated heterocycles. The van der Waals surface area contributed by atoms with Gasteiger partial charge in [-0.25, -0.2) is 4.39 Å². The third-order valence-electron chi connectivity index (χ3n) is 4.16. The minimum atomic E-state index is -0.596. The Bertz CT molecular complexity index is 844. The molecular weight excluding hydrogens is 327 g/mol. The minimum absolute atomic E-state index is 0.0682. The Balaban J connectivity index is 1.69. The zero-order chi connectivity index (χ0) is 18.1. The predicted molar refractivity (Wildman–Crippen MR) is 89.4 cm³/mol. The molecule has 2 aromatic rings. The van der Waals surface area contributed by atoms with Gasteiger partial charge >= 0.3 is 0 Å². The standard InChI is InChI=1S/C17H17FN4O3/c1-21-9-12(7-14(21)16(19)24)20-17(25)10-6-15(23)22(8-10)13-4-2-11(18)3-5-13/h2-5,7,9-10H,6,8H2,1H3,(H2,19,24)(H,20,25)/t10-/m1/s1. The molecule has 1 aromatic heterocycles. The highest BCUT2D eigenvalue weighted by Gasteiger charge is 2.35. The number of aryl methyl sites for hydroxylation is 1. The Morgan fingerprint density at radius 3 is 2.56 bits per heavy atom. The van der Waals surface area contributed by atoms with Gasteiger partial charge in [0.2, 0.25) is 11.8 Å². The second-order valence-electron chi connectivity index (χ2n) is 5.96. The molecule has 0 aliphatic carbocycles. The van der Waals surface area contributed by atoms with Gasteiger partial charge in [0.05, 0.1) is 11.6 Å². The summed E-state index contributed by atoms with van der Waals surface area (Å²) in [5, 5.41) is 2.70. The first kappa shape index (κ1) is 16.7. The van der Waals surface area contributed by atoms with Crippen molar-refractivity contribution < 1.29 is 18.8 Å². The molecule has 1 aromatic carbocycles. The first-order chi connectivity index (χ1) is 11.8. The van der Waals surface area contributed by atoms with E-state index in [-0.39, 0.29) is 36.3 Å². The number of primary amides is 1. The van der Waals surface area contributed by atoms with E-state index in [0.29, 0.717) is 11.4 Å². The van der Waals surface area contributed by atoms with Crippen LogP contribution in [0.4, 0.5) is 15.8 Å². The maximum absolute atomic E-state index is 13.0. The van der Waals surface area contributed by atoms with Crippen molar-refractivity contribution in [3.8, 4) is 0 Å².